The van der Waals surface area contributed by atoms with E-state index in [4.69, 9.17) is 11.6 Å². The van der Waals surface area contributed by atoms with Crippen LogP contribution in [-0.2, 0) is 12.3 Å². The lowest BCUT2D eigenvalue weighted by Crippen LogP contribution is -1.98. The number of hydrogen-bond donors (Lipinski definition) is 1. The van der Waals surface area contributed by atoms with Crippen LogP contribution in [0.4, 0.5) is 9.52 Å². The molecule has 0 aliphatic heterocycles. The molecule has 118 valence electrons. The van der Waals surface area contributed by atoms with E-state index >= 15 is 0 Å². The predicted molar refractivity (Wildman–Crippen MR) is 92.4 cm³/mol. The van der Waals surface area contributed by atoms with Crippen LogP contribution in [0.25, 0.3) is 0 Å². The van der Waals surface area contributed by atoms with E-state index in [1.807, 2.05) is 6.07 Å². The Kier molecular flexibility index (Phi) is 5.43. The summed E-state index contributed by atoms with van der Waals surface area (Å²) in [5.74, 6) is 0.525. The fraction of sp³-hybridized carbons (Fsp3) is 0.133. The van der Waals surface area contributed by atoms with Gasteiger partial charge in [-0.1, -0.05) is 52.9 Å². The number of benzene rings is 1. The first kappa shape index (κ1) is 16.2. The molecule has 4 nitrogen and oxygen atoms in total. The lowest BCUT2D eigenvalue weighted by atomic mass is 10.2. The van der Waals surface area contributed by atoms with Crippen LogP contribution >= 0.6 is 34.7 Å². The normalized spacial score (nSPS) is 10.7. The van der Waals surface area contributed by atoms with Crippen molar-refractivity contribution in [1.29, 1.82) is 0 Å². The molecule has 23 heavy (non-hydrogen) atoms. The second-order valence-corrected chi connectivity index (χ2v) is 7.22. The smallest absolute Gasteiger partial charge is 0.206 e. The van der Waals surface area contributed by atoms with Crippen molar-refractivity contribution in [3.63, 3.8) is 0 Å². The van der Waals surface area contributed by atoms with Crippen molar-refractivity contribution in [1.82, 2.24) is 15.2 Å². The van der Waals surface area contributed by atoms with E-state index in [2.05, 4.69) is 20.5 Å². The molecule has 1 N–H and O–H groups in total. The number of pyridine rings is 1. The van der Waals surface area contributed by atoms with Crippen molar-refractivity contribution in [2.75, 3.05) is 5.32 Å². The van der Waals surface area contributed by atoms with Gasteiger partial charge in [-0.3, -0.25) is 0 Å². The summed E-state index contributed by atoms with van der Waals surface area (Å²) in [6, 6.07) is 10.1. The third-order valence-corrected chi connectivity index (χ3v) is 5.22. The minimum Gasteiger partial charge on any atom is -0.356 e. The fourth-order valence-corrected chi connectivity index (χ4v) is 3.55. The van der Waals surface area contributed by atoms with E-state index < -0.39 is 0 Å². The summed E-state index contributed by atoms with van der Waals surface area (Å²) in [5.41, 5.74) is 2.07. The Labute approximate surface area is 146 Å². The highest BCUT2D eigenvalue weighted by molar-refractivity contribution is 8.00. The number of thioether (sulfide) groups is 1. The van der Waals surface area contributed by atoms with Crippen LogP contribution in [0, 0.1) is 5.82 Å². The average molecular weight is 367 g/mol. The SMILES string of the molecule is Fc1ccc(CNc2nnc(SCc3ccc(Cl)nc3)s2)cc1. The summed E-state index contributed by atoms with van der Waals surface area (Å²) in [6.45, 7) is 0.584. The van der Waals surface area contributed by atoms with Crippen LogP contribution in [0.3, 0.4) is 0 Å². The Bertz CT molecular complexity index is 698. The average Bonchev–Trinajstić information content (AvgIpc) is 3.02. The number of hydrogen-bond acceptors (Lipinski definition) is 6. The summed E-state index contributed by atoms with van der Waals surface area (Å²) in [7, 11) is 0. The van der Waals surface area contributed by atoms with Crippen LogP contribution in [0.2, 0.25) is 5.15 Å². The maximum Gasteiger partial charge on any atom is 0.206 e. The molecule has 0 aliphatic rings. The van der Waals surface area contributed by atoms with E-state index in [-0.39, 0.29) is 5.82 Å². The van der Waals surface area contributed by atoms with Gasteiger partial charge in [0.05, 0.1) is 0 Å². The van der Waals surface area contributed by atoms with Gasteiger partial charge in [-0.25, -0.2) is 9.37 Å². The number of nitrogens with one attached hydrogen (secondary N) is 1. The molecule has 0 radical (unpaired) electrons. The van der Waals surface area contributed by atoms with Crippen LogP contribution in [0.5, 0.6) is 0 Å². The monoisotopic (exact) mass is 366 g/mol. The van der Waals surface area contributed by atoms with Crippen molar-refractivity contribution in [2.24, 2.45) is 0 Å². The molecule has 0 saturated heterocycles. The quantitative estimate of drug-likeness (QED) is 0.509. The number of aromatic nitrogens is 3. The number of rotatable bonds is 6. The molecule has 0 spiro atoms. The number of anilines is 1. The Morgan fingerprint density at radius 1 is 1.09 bits per heavy atom. The molecular formula is C15H12ClFN4S2. The highest BCUT2D eigenvalue weighted by Crippen LogP contribution is 2.28. The Balaban J connectivity index is 1.51. The lowest BCUT2D eigenvalue weighted by molar-refractivity contribution is 0.627. The van der Waals surface area contributed by atoms with Gasteiger partial charge in [0.15, 0.2) is 4.34 Å². The molecule has 3 rings (SSSR count). The van der Waals surface area contributed by atoms with Crippen molar-refractivity contribution >= 4 is 39.8 Å². The van der Waals surface area contributed by atoms with Crippen LogP contribution in [0.15, 0.2) is 46.9 Å². The van der Waals surface area contributed by atoms with Gasteiger partial charge >= 0.3 is 0 Å². The van der Waals surface area contributed by atoms with Crippen LogP contribution in [-0.4, -0.2) is 15.2 Å². The van der Waals surface area contributed by atoms with E-state index in [9.17, 15) is 4.39 Å². The standard InChI is InChI=1S/C15H12ClFN4S2/c16-13-6-3-11(8-18-13)9-22-15-21-20-14(23-15)19-7-10-1-4-12(17)5-2-10/h1-6,8H,7,9H2,(H,19,20). The fourth-order valence-electron chi connectivity index (χ4n) is 1.76. The lowest BCUT2D eigenvalue weighted by Gasteiger charge is -2.01. The summed E-state index contributed by atoms with van der Waals surface area (Å²) in [4.78, 5) is 4.05. The molecule has 0 unspecified atom stereocenters. The predicted octanol–water partition coefficient (Wildman–Crippen LogP) is 4.63. The Morgan fingerprint density at radius 2 is 1.87 bits per heavy atom. The molecule has 8 heteroatoms. The van der Waals surface area contributed by atoms with Gasteiger partial charge < -0.3 is 5.32 Å². The van der Waals surface area contributed by atoms with Gasteiger partial charge in [-0.15, -0.1) is 10.2 Å². The summed E-state index contributed by atoms with van der Waals surface area (Å²) in [5, 5.41) is 12.7. The van der Waals surface area contributed by atoms with Gasteiger partial charge in [0.25, 0.3) is 0 Å². The zero-order chi connectivity index (χ0) is 16.1. The summed E-state index contributed by atoms with van der Waals surface area (Å²) in [6.07, 6.45) is 1.75. The van der Waals surface area contributed by atoms with Gasteiger partial charge in [0.1, 0.15) is 11.0 Å². The zero-order valence-electron chi connectivity index (χ0n) is 11.9. The summed E-state index contributed by atoms with van der Waals surface area (Å²) < 4.78 is 13.7. The van der Waals surface area contributed by atoms with Gasteiger partial charge in [0.2, 0.25) is 5.13 Å². The van der Waals surface area contributed by atoms with Crippen molar-refractivity contribution < 1.29 is 4.39 Å². The van der Waals surface area contributed by atoms with Crippen molar-refractivity contribution in [3.8, 4) is 0 Å². The van der Waals surface area contributed by atoms with E-state index in [1.54, 1.807) is 36.2 Å². The first-order valence-corrected chi connectivity index (χ1v) is 8.92. The van der Waals surface area contributed by atoms with Gasteiger partial charge in [-0.2, -0.15) is 0 Å². The maximum absolute atomic E-state index is 12.8. The molecular weight excluding hydrogens is 355 g/mol. The van der Waals surface area contributed by atoms with Gasteiger partial charge in [-0.05, 0) is 29.3 Å². The third kappa shape index (κ3) is 4.89. The largest absolute Gasteiger partial charge is 0.356 e. The third-order valence-electron chi connectivity index (χ3n) is 2.91. The molecule has 1 aromatic carbocycles. The Morgan fingerprint density at radius 3 is 2.61 bits per heavy atom. The molecule has 0 aliphatic carbocycles. The maximum atomic E-state index is 12.8. The number of halogens is 2. The molecule has 0 fully saturated rings. The second-order valence-electron chi connectivity index (χ2n) is 4.63. The topological polar surface area (TPSA) is 50.7 Å². The molecule has 2 aromatic heterocycles. The molecule has 0 saturated carbocycles. The second kappa shape index (κ2) is 7.72. The molecule has 0 bridgehead atoms. The van der Waals surface area contributed by atoms with E-state index in [0.29, 0.717) is 11.7 Å². The highest BCUT2D eigenvalue weighted by Gasteiger charge is 2.05. The molecule has 0 atom stereocenters. The van der Waals surface area contributed by atoms with E-state index in [0.717, 1.165) is 26.4 Å². The van der Waals surface area contributed by atoms with Crippen LogP contribution < -0.4 is 5.32 Å². The minimum absolute atomic E-state index is 0.236. The van der Waals surface area contributed by atoms with Crippen LogP contribution in [0.1, 0.15) is 11.1 Å². The van der Waals surface area contributed by atoms with Crippen molar-refractivity contribution in [2.45, 2.75) is 16.6 Å². The van der Waals surface area contributed by atoms with Crippen molar-refractivity contribution in [3.05, 3.63) is 64.7 Å². The van der Waals surface area contributed by atoms with E-state index in [1.165, 1.54) is 23.5 Å². The first-order chi connectivity index (χ1) is 11.2. The minimum atomic E-state index is -0.236. The highest BCUT2D eigenvalue weighted by atomic mass is 35.5. The van der Waals surface area contributed by atoms with Gasteiger partial charge in [0, 0.05) is 18.5 Å². The molecule has 0 amide bonds. The summed E-state index contributed by atoms with van der Waals surface area (Å²) >= 11 is 8.84. The molecule has 3 aromatic rings. The zero-order valence-corrected chi connectivity index (χ0v) is 14.3. The first-order valence-electron chi connectivity index (χ1n) is 6.74. The Hall–Kier alpha value is -1.70. The molecule has 2 heterocycles. The number of nitrogens with zero attached hydrogens (tertiary/aromatic N) is 3.